The molecule has 3 saturated carbocycles. The number of Topliss-reactive ketones (excluding diaryl/α,β-unsaturated/α-hetero) is 1. The van der Waals surface area contributed by atoms with Crippen LogP contribution in [0.15, 0.2) is 0 Å². The van der Waals surface area contributed by atoms with Gasteiger partial charge in [-0.05, 0) is 84.5 Å². The predicted molar refractivity (Wildman–Crippen MR) is 192 cm³/mol. The zero-order valence-corrected chi connectivity index (χ0v) is 32.7. The number of sulfone groups is 1. The highest BCUT2D eigenvalue weighted by atomic mass is 32.2. The van der Waals surface area contributed by atoms with Gasteiger partial charge in [0.05, 0.1) is 33.8 Å². The van der Waals surface area contributed by atoms with Gasteiger partial charge in [-0.2, -0.15) is 0 Å². The first-order valence-corrected chi connectivity index (χ1v) is 20.6. The first kappa shape index (κ1) is 39.5. The van der Waals surface area contributed by atoms with Crippen LogP contribution < -0.4 is 21.3 Å². The molecule has 0 bridgehead atoms. The average molecular weight is 736 g/mol. The van der Waals surface area contributed by atoms with Gasteiger partial charge in [0.2, 0.25) is 17.6 Å². The molecule has 14 heteroatoms. The van der Waals surface area contributed by atoms with Gasteiger partial charge in [-0.15, -0.1) is 0 Å². The molecule has 5 amide bonds. The van der Waals surface area contributed by atoms with E-state index in [9.17, 15) is 32.4 Å². The van der Waals surface area contributed by atoms with E-state index in [0.717, 1.165) is 44.9 Å². The molecule has 0 spiro atoms. The Balaban J connectivity index is 1.37. The van der Waals surface area contributed by atoms with Gasteiger partial charge in [-0.1, -0.05) is 52.9 Å². The minimum Gasteiger partial charge on any atom is -0.370 e. The molecule has 2 heterocycles. The number of fused-ring (bicyclic) bond motifs is 1. The van der Waals surface area contributed by atoms with Crippen molar-refractivity contribution in [1.29, 1.82) is 0 Å². The molecule has 3 aliphatic carbocycles. The molecule has 5 aliphatic rings. The number of carbonyl (C=O) groups excluding carboxylic acids is 5. The summed E-state index contributed by atoms with van der Waals surface area (Å²) < 4.78 is 32.0. The maximum absolute atomic E-state index is 14.6. The van der Waals surface area contributed by atoms with Crippen LogP contribution in [0.2, 0.25) is 0 Å². The van der Waals surface area contributed by atoms with E-state index in [0.29, 0.717) is 25.7 Å². The van der Waals surface area contributed by atoms with E-state index in [4.69, 9.17) is 4.74 Å². The number of hydrogen-bond acceptors (Lipinski definition) is 8. The van der Waals surface area contributed by atoms with Crippen LogP contribution in [0.1, 0.15) is 126 Å². The molecule has 2 saturated heterocycles. The number of likely N-dealkylation sites (tertiary alicyclic amines) is 1. The van der Waals surface area contributed by atoms with Gasteiger partial charge in [-0.25, -0.2) is 13.2 Å². The topological polar surface area (TPSA) is 180 Å². The van der Waals surface area contributed by atoms with Gasteiger partial charge < -0.3 is 30.9 Å². The molecule has 5 fully saturated rings. The fraction of sp³-hybridized carbons (Fsp3) is 0.865. The lowest BCUT2D eigenvalue weighted by atomic mass is 9.83. The molecule has 0 aromatic rings. The molecule has 5 atom stereocenters. The minimum atomic E-state index is -3.58. The minimum absolute atomic E-state index is 0.00443. The number of amides is 5. The number of hydrogen-bond donors (Lipinski definition) is 4. The fourth-order valence-electron chi connectivity index (χ4n) is 7.99. The summed E-state index contributed by atoms with van der Waals surface area (Å²) in [6, 6.07) is -3.71. The van der Waals surface area contributed by atoms with E-state index in [1.165, 1.54) is 4.90 Å². The molecule has 288 valence electrons. The Kier molecular flexibility index (Phi) is 11.0. The van der Waals surface area contributed by atoms with Crippen molar-refractivity contribution in [3.63, 3.8) is 0 Å². The monoisotopic (exact) mass is 735 g/mol. The molecular formula is C37H61N5O8S. The number of ether oxygens (including phenoxy) is 1. The van der Waals surface area contributed by atoms with E-state index < -0.39 is 84.9 Å². The molecule has 51 heavy (non-hydrogen) atoms. The highest BCUT2D eigenvalue weighted by Crippen LogP contribution is 2.44. The van der Waals surface area contributed by atoms with Crippen molar-refractivity contribution in [2.24, 2.45) is 17.3 Å². The average Bonchev–Trinajstić information content (AvgIpc) is 3.92. The second kappa shape index (κ2) is 14.2. The van der Waals surface area contributed by atoms with E-state index in [1.54, 1.807) is 20.8 Å². The molecule has 4 N–H and O–H groups in total. The molecule has 5 rings (SSSR count). The molecule has 0 aromatic carbocycles. The van der Waals surface area contributed by atoms with Gasteiger partial charge in [0.25, 0.3) is 5.91 Å². The van der Waals surface area contributed by atoms with Crippen LogP contribution in [0.25, 0.3) is 0 Å². The van der Waals surface area contributed by atoms with E-state index in [-0.39, 0.29) is 30.2 Å². The Morgan fingerprint density at radius 3 is 2.08 bits per heavy atom. The van der Waals surface area contributed by atoms with Crippen molar-refractivity contribution >= 4 is 39.4 Å². The molecule has 1 unspecified atom stereocenters. The second-order valence-electron chi connectivity index (χ2n) is 18.7. The lowest BCUT2D eigenvalue weighted by Crippen LogP contribution is -2.64. The zero-order chi connectivity index (χ0) is 37.7. The fourth-order valence-corrected chi connectivity index (χ4v) is 9.51. The standard InChI is InChI=1S/C37H61N5O8S/c1-34(2,3)29(40-33(47)41-37(16-10-9-11-17-37)21-51(48,49)35(4,5)6)32(46)42-20-26-24(19-36(7,8)50-26)27(42)30(44)39-25(18-22-12-13-22)28(43)31(45)38-23-14-15-23/h22-27,29H,9-21H2,1-8H3,(H,38,45)(H,39,44)(H2,40,41,47)/t24-,25?,26-,27-,29+/m0/s1. The van der Waals surface area contributed by atoms with Gasteiger partial charge in [-0.3, -0.25) is 19.2 Å². The quantitative estimate of drug-likeness (QED) is 0.221. The normalized spacial score (nSPS) is 27.1. The van der Waals surface area contributed by atoms with Crippen molar-refractivity contribution in [3.8, 4) is 0 Å². The van der Waals surface area contributed by atoms with Crippen LogP contribution in [-0.4, -0.2) is 101 Å². The largest absolute Gasteiger partial charge is 0.370 e. The van der Waals surface area contributed by atoms with Gasteiger partial charge in [0.1, 0.15) is 12.1 Å². The summed E-state index contributed by atoms with van der Waals surface area (Å²) in [6.45, 7) is 14.4. The molecule has 0 radical (unpaired) electrons. The third-order valence-corrected chi connectivity index (χ3v) is 14.2. The van der Waals surface area contributed by atoms with E-state index in [1.807, 2.05) is 34.6 Å². The number of nitrogens with one attached hydrogen (secondary N) is 4. The van der Waals surface area contributed by atoms with Gasteiger partial charge >= 0.3 is 6.03 Å². The highest BCUT2D eigenvalue weighted by Gasteiger charge is 2.57. The second-order valence-corrected chi connectivity index (χ2v) is 21.4. The predicted octanol–water partition coefficient (Wildman–Crippen LogP) is 3.14. The molecule has 2 aliphatic heterocycles. The van der Waals surface area contributed by atoms with Gasteiger partial charge in [0, 0.05) is 18.5 Å². The third-order valence-electron chi connectivity index (χ3n) is 11.4. The number of nitrogens with zero attached hydrogens (tertiary/aromatic N) is 1. The van der Waals surface area contributed by atoms with Crippen LogP contribution in [-0.2, 0) is 33.8 Å². The summed E-state index contributed by atoms with van der Waals surface area (Å²) in [5.74, 6) is -2.66. The van der Waals surface area contributed by atoms with Crippen molar-refractivity contribution in [1.82, 2.24) is 26.2 Å². The van der Waals surface area contributed by atoms with Crippen LogP contribution in [0.3, 0.4) is 0 Å². The summed E-state index contributed by atoms with van der Waals surface area (Å²) in [5, 5.41) is 11.5. The molecular weight excluding hydrogens is 675 g/mol. The zero-order valence-electron chi connectivity index (χ0n) is 31.9. The van der Waals surface area contributed by atoms with Crippen LogP contribution in [0.4, 0.5) is 4.79 Å². The van der Waals surface area contributed by atoms with E-state index in [2.05, 4.69) is 21.3 Å². The first-order chi connectivity index (χ1) is 23.5. The number of rotatable bonds is 12. The van der Waals surface area contributed by atoms with Crippen LogP contribution in [0.5, 0.6) is 0 Å². The smallest absolute Gasteiger partial charge is 0.315 e. The third kappa shape index (κ3) is 9.44. The van der Waals surface area contributed by atoms with Crippen molar-refractivity contribution in [2.75, 3.05) is 12.3 Å². The summed E-state index contributed by atoms with van der Waals surface area (Å²) in [4.78, 5) is 70.4. The van der Waals surface area contributed by atoms with Gasteiger partial charge in [0.15, 0.2) is 9.84 Å². The Morgan fingerprint density at radius 1 is 0.902 bits per heavy atom. The molecule has 13 nitrogen and oxygen atoms in total. The first-order valence-electron chi connectivity index (χ1n) is 19.0. The number of ketones is 1. The maximum Gasteiger partial charge on any atom is 0.315 e. The van der Waals surface area contributed by atoms with Crippen LogP contribution >= 0.6 is 0 Å². The Morgan fingerprint density at radius 2 is 1.53 bits per heavy atom. The van der Waals surface area contributed by atoms with Crippen molar-refractivity contribution in [2.45, 2.75) is 172 Å². The summed E-state index contributed by atoms with van der Waals surface area (Å²) in [6.07, 6.45) is 7.45. The Bertz CT molecular complexity index is 1480. The molecule has 0 aromatic heterocycles. The van der Waals surface area contributed by atoms with Crippen molar-refractivity contribution in [3.05, 3.63) is 0 Å². The summed E-state index contributed by atoms with van der Waals surface area (Å²) in [5.41, 5.74) is -2.29. The Labute approximate surface area is 303 Å². The maximum atomic E-state index is 14.6. The van der Waals surface area contributed by atoms with Crippen molar-refractivity contribution < 1.29 is 37.1 Å². The lowest BCUT2D eigenvalue weighted by molar-refractivity contribution is -0.145. The summed E-state index contributed by atoms with van der Waals surface area (Å²) in [7, 11) is -3.58. The number of urea groups is 1. The lowest BCUT2D eigenvalue weighted by Gasteiger charge is -2.41. The SMILES string of the molecule is CC1(C)C[C@H]2[C@H](CN(C(=O)[C@@H](NC(=O)NC3(CS(=O)(=O)C(C)(C)C)CCCCC3)C(C)(C)C)[C@@H]2C(=O)NC(CC2CC2)C(=O)C(=O)NC2CC2)O1. The van der Waals surface area contributed by atoms with E-state index >= 15 is 0 Å². The Hall–Kier alpha value is -2.74. The highest BCUT2D eigenvalue weighted by molar-refractivity contribution is 7.92. The number of carbonyl (C=O) groups is 5. The summed E-state index contributed by atoms with van der Waals surface area (Å²) >= 11 is 0. The van der Waals surface area contributed by atoms with Crippen LogP contribution in [0, 0.1) is 17.3 Å².